The summed E-state index contributed by atoms with van der Waals surface area (Å²) in [6.07, 6.45) is 11.8. The van der Waals surface area contributed by atoms with Crippen LogP contribution in [0.3, 0.4) is 0 Å². The normalized spacial score (nSPS) is 19.9. The van der Waals surface area contributed by atoms with Crippen LogP contribution in [0.15, 0.2) is 12.5 Å². The zero-order valence-electron chi connectivity index (χ0n) is 10.0. The summed E-state index contributed by atoms with van der Waals surface area (Å²) < 4.78 is 2.05. The average molecular weight is 222 g/mol. The Morgan fingerprint density at radius 3 is 2.81 bits per heavy atom. The molecule has 1 unspecified atom stereocenters. The number of nitrogens with one attached hydrogen (secondary N) is 1. The molecule has 0 spiro atoms. The van der Waals surface area contributed by atoms with Gasteiger partial charge in [-0.1, -0.05) is 32.1 Å². The zero-order valence-corrected chi connectivity index (χ0v) is 10.0. The fraction of sp³-hybridized carbons (Fsp3) is 0.750. The molecule has 0 radical (unpaired) electrons. The number of hydrogen-bond acceptors (Lipinski definition) is 3. The molecule has 1 aromatic heterocycles. The molecule has 90 valence electrons. The van der Waals surface area contributed by atoms with Crippen LogP contribution in [0.4, 0.5) is 0 Å². The van der Waals surface area contributed by atoms with E-state index >= 15 is 0 Å². The van der Waals surface area contributed by atoms with Gasteiger partial charge in [-0.3, -0.25) is 11.3 Å². The highest BCUT2D eigenvalue weighted by molar-refractivity contribution is 5.04. The fourth-order valence-corrected chi connectivity index (χ4v) is 2.73. The van der Waals surface area contributed by atoms with Crippen molar-refractivity contribution in [3.05, 3.63) is 18.2 Å². The summed E-state index contributed by atoms with van der Waals surface area (Å²) in [4.78, 5) is 4.15. The Morgan fingerprint density at radius 2 is 2.25 bits per heavy atom. The molecule has 2 rings (SSSR count). The molecule has 1 fully saturated rings. The Kier molecular flexibility index (Phi) is 3.96. The van der Waals surface area contributed by atoms with E-state index in [9.17, 15) is 0 Å². The first kappa shape index (κ1) is 11.6. The molecule has 0 aliphatic heterocycles. The summed E-state index contributed by atoms with van der Waals surface area (Å²) in [5.74, 6) is 6.48. The molecule has 16 heavy (non-hydrogen) atoms. The molecule has 0 bridgehead atoms. The number of nitrogens with two attached hydrogens (primary N) is 1. The van der Waals surface area contributed by atoms with Gasteiger partial charge in [0.1, 0.15) is 0 Å². The molecular formula is C12H22N4. The van der Waals surface area contributed by atoms with Crippen LogP contribution in [0.1, 0.15) is 50.3 Å². The van der Waals surface area contributed by atoms with Gasteiger partial charge in [0.15, 0.2) is 0 Å². The largest absolute Gasteiger partial charge is 0.336 e. The number of hydrogen-bond donors (Lipinski definition) is 2. The van der Waals surface area contributed by atoms with Gasteiger partial charge in [0.05, 0.1) is 18.1 Å². The Bertz CT molecular complexity index is 315. The van der Waals surface area contributed by atoms with Gasteiger partial charge in [0.2, 0.25) is 0 Å². The Balaban J connectivity index is 1.97. The van der Waals surface area contributed by atoms with Crippen molar-refractivity contribution in [2.45, 2.75) is 44.6 Å². The van der Waals surface area contributed by atoms with Crippen molar-refractivity contribution in [2.24, 2.45) is 18.8 Å². The Labute approximate surface area is 97.2 Å². The second-order valence-corrected chi connectivity index (χ2v) is 4.89. The number of hydrazine groups is 1. The monoisotopic (exact) mass is 222 g/mol. The lowest BCUT2D eigenvalue weighted by atomic mass is 9.84. The van der Waals surface area contributed by atoms with Crippen LogP contribution in [0.25, 0.3) is 0 Å². The molecule has 4 heteroatoms. The van der Waals surface area contributed by atoms with Crippen molar-refractivity contribution in [3.63, 3.8) is 0 Å². The lowest BCUT2D eigenvalue weighted by molar-refractivity contribution is 0.296. The second-order valence-electron chi connectivity index (χ2n) is 4.89. The van der Waals surface area contributed by atoms with Gasteiger partial charge in [-0.25, -0.2) is 4.98 Å². The molecule has 1 aliphatic carbocycles. The average Bonchev–Trinajstić information content (AvgIpc) is 2.74. The first-order valence-electron chi connectivity index (χ1n) is 6.23. The minimum absolute atomic E-state index is 0.246. The SMILES string of the molecule is Cn1cncc1C(CC1CCCCC1)NN. The van der Waals surface area contributed by atoms with E-state index in [4.69, 9.17) is 5.84 Å². The Morgan fingerprint density at radius 1 is 1.50 bits per heavy atom. The summed E-state index contributed by atoms with van der Waals surface area (Å²) >= 11 is 0. The lowest BCUT2D eigenvalue weighted by Gasteiger charge is -2.26. The third-order valence-electron chi connectivity index (χ3n) is 3.71. The van der Waals surface area contributed by atoms with Gasteiger partial charge in [-0.15, -0.1) is 0 Å². The van der Waals surface area contributed by atoms with Crippen molar-refractivity contribution >= 4 is 0 Å². The molecule has 1 aromatic rings. The van der Waals surface area contributed by atoms with E-state index in [0.717, 1.165) is 12.3 Å². The van der Waals surface area contributed by atoms with Gasteiger partial charge in [-0.05, 0) is 12.3 Å². The van der Waals surface area contributed by atoms with E-state index in [2.05, 4.69) is 10.4 Å². The van der Waals surface area contributed by atoms with Gasteiger partial charge in [0.25, 0.3) is 0 Å². The van der Waals surface area contributed by atoms with Crippen molar-refractivity contribution in [1.82, 2.24) is 15.0 Å². The molecule has 1 aliphatic rings. The number of nitrogens with zero attached hydrogens (tertiary/aromatic N) is 2. The van der Waals surface area contributed by atoms with Crippen molar-refractivity contribution in [3.8, 4) is 0 Å². The van der Waals surface area contributed by atoms with Crippen LogP contribution < -0.4 is 11.3 Å². The maximum Gasteiger partial charge on any atom is 0.0946 e. The van der Waals surface area contributed by atoms with E-state index in [1.165, 1.54) is 37.8 Å². The van der Waals surface area contributed by atoms with Crippen LogP contribution in [0, 0.1) is 5.92 Å². The predicted molar refractivity (Wildman–Crippen MR) is 64.5 cm³/mol. The zero-order chi connectivity index (χ0) is 11.4. The fourth-order valence-electron chi connectivity index (χ4n) is 2.73. The van der Waals surface area contributed by atoms with E-state index < -0.39 is 0 Å². The van der Waals surface area contributed by atoms with Crippen LogP contribution in [0.5, 0.6) is 0 Å². The van der Waals surface area contributed by atoms with Crippen LogP contribution in [-0.2, 0) is 7.05 Å². The van der Waals surface area contributed by atoms with E-state index in [1.54, 1.807) is 0 Å². The third-order valence-corrected chi connectivity index (χ3v) is 3.71. The molecular weight excluding hydrogens is 200 g/mol. The van der Waals surface area contributed by atoms with Crippen molar-refractivity contribution < 1.29 is 0 Å². The Hall–Kier alpha value is -0.870. The van der Waals surface area contributed by atoms with E-state index in [-0.39, 0.29) is 6.04 Å². The first-order chi connectivity index (χ1) is 7.81. The highest BCUT2D eigenvalue weighted by Gasteiger charge is 2.20. The molecule has 0 amide bonds. The van der Waals surface area contributed by atoms with Crippen molar-refractivity contribution in [1.29, 1.82) is 0 Å². The molecule has 3 N–H and O–H groups in total. The van der Waals surface area contributed by atoms with Gasteiger partial charge in [0, 0.05) is 13.2 Å². The number of rotatable bonds is 4. The minimum atomic E-state index is 0.246. The summed E-state index contributed by atoms with van der Waals surface area (Å²) in [5, 5.41) is 0. The molecule has 1 heterocycles. The number of imidazole rings is 1. The maximum absolute atomic E-state index is 5.66. The summed E-state index contributed by atoms with van der Waals surface area (Å²) in [5.41, 5.74) is 4.12. The van der Waals surface area contributed by atoms with Gasteiger partial charge in [-0.2, -0.15) is 0 Å². The lowest BCUT2D eigenvalue weighted by Crippen LogP contribution is -2.31. The molecule has 1 saturated carbocycles. The van der Waals surface area contributed by atoms with Crippen molar-refractivity contribution in [2.75, 3.05) is 0 Å². The van der Waals surface area contributed by atoms with Gasteiger partial charge < -0.3 is 4.57 Å². The molecule has 0 saturated heterocycles. The minimum Gasteiger partial charge on any atom is -0.336 e. The topological polar surface area (TPSA) is 55.9 Å². The summed E-state index contributed by atoms with van der Waals surface area (Å²) in [7, 11) is 2.02. The first-order valence-corrected chi connectivity index (χ1v) is 6.23. The standard InChI is InChI=1S/C12H22N4/c1-16-9-14-8-12(16)11(15-13)7-10-5-3-2-4-6-10/h8-11,15H,2-7,13H2,1H3. The quantitative estimate of drug-likeness (QED) is 0.604. The van der Waals surface area contributed by atoms with Crippen LogP contribution >= 0.6 is 0 Å². The van der Waals surface area contributed by atoms with Gasteiger partial charge >= 0.3 is 0 Å². The number of aromatic nitrogens is 2. The second kappa shape index (κ2) is 5.46. The summed E-state index contributed by atoms with van der Waals surface area (Å²) in [6, 6.07) is 0.246. The van der Waals surface area contributed by atoms with Crippen LogP contribution in [-0.4, -0.2) is 9.55 Å². The predicted octanol–water partition coefficient (Wildman–Crippen LogP) is 1.89. The maximum atomic E-state index is 5.66. The van der Waals surface area contributed by atoms with E-state index in [1.807, 2.05) is 24.1 Å². The molecule has 4 nitrogen and oxygen atoms in total. The third kappa shape index (κ3) is 2.62. The highest BCUT2D eigenvalue weighted by Crippen LogP contribution is 2.31. The summed E-state index contributed by atoms with van der Waals surface area (Å²) in [6.45, 7) is 0. The molecule has 1 atom stereocenters. The highest BCUT2D eigenvalue weighted by atomic mass is 15.2. The number of aryl methyl sites for hydroxylation is 1. The molecule has 0 aromatic carbocycles. The van der Waals surface area contributed by atoms with E-state index in [0.29, 0.717) is 0 Å². The smallest absolute Gasteiger partial charge is 0.0946 e. The van der Waals surface area contributed by atoms with Crippen LogP contribution in [0.2, 0.25) is 0 Å².